The SMILES string of the molecule is CC(C)(CCNC1CC1)Cc1c(F)cccc1F. The van der Waals surface area contributed by atoms with Gasteiger partial charge in [-0.2, -0.15) is 0 Å². The first-order chi connectivity index (χ1) is 8.48. The van der Waals surface area contributed by atoms with Gasteiger partial charge in [0.15, 0.2) is 0 Å². The summed E-state index contributed by atoms with van der Waals surface area (Å²) in [5.74, 6) is -0.864. The van der Waals surface area contributed by atoms with Crippen LogP contribution in [0.2, 0.25) is 0 Å². The Morgan fingerprint density at radius 1 is 1.22 bits per heavy atom. The summed E-state index contributed by atoms with van der Waals surface area (Å²) in [6.07, 6.45) is 3.90. The highest BCUT2D eigenvalue weighted by molar-refractivity contribution is 5.20. The van der Waals surface area contributed by atoms with Crippen molar-refractivity contribution >= 4 is 0 Å². The first kappa shape index (κ1) is 13.5. The maximum Gasteiger partial charge on any atom is 0.129 e. The van der Waals surface area contributed by atoms with E-state index < -0.39 is 11.6 Å². The molecule has 1 N–H and O–H groups in total. The van der Waals surface area contributed by atoms with E-state index in [1.807, 2.05) is 0 Å². The van der Waals surface area contributed by atoms with Crippen LogP contribution in [-0.4, -0.2) is 12.6 Å². The molecule has 1 aliphatic carbocycles. The summed E-state index contributed by atoms with van der Waals surface area (Å²) >= 11 is 0. The van der Waals surface area contributed by atoms with Crippen LogP contribution in [0.25, 0.3) is 0 Å². The number of rotatable bonds is 6. The highest BCUT2D eigenvalue weighted by Gasteiger charge is 2.24. The molecule has 0 saturated heterocycles. The zero-order valence-electron chi connectivity index (χ0n) is 11.1. The zero-order chi connectivity index (χ0) is 13.2. The molecule has 2 rings (SSSR count). The highest BCUT2D eigenvalue weighted by atomic mass is 19.1. The Labute approximate surface area is 108 Å². The van der Waals surface area contributed by atoms with E-state index in [-0.39, 0.29) is 11.0 Å². The summed E-state index contributed by atoms with van der Waals surface area (Å²) < 4.78 is 27.2. The van der Waals surface area contributed by atoms with E-state index in [9.17, 15) is 8.78 Å². The number of nitrogens with one attached hydrogen (secondary N) is 1. The van der Waals surface area contributed by atoms with E-state index in [0.717, 1.165) is 13.0 Å². The van der Waals surface area contributed by atoms with Gasteiger partial charge in [-0.3, -0.25) is 0 Å². The third-order valence-corrected chi connectivity index (χ3v) is 3.53. The lowest BCUT2D eigenvalue weighted by Gasteiger charge is -2.25. The second-order valence-electron chi connectivity index (χ2n) is 6.02. The van der Waals surface area contributed by atoms with Crippen LogP contribution in [0.4, 0.5) is 8.78 Å². The third-order valence-electron chi connectivity index (χ3n) is 3.53. The van der Waals surface area contributed by atoms with Crippen LogP contribution in [0.15, 0.2) is 18.2 Å². The summed E-state index contributed by atoms with van der Waals surface area (Å²) in [5.41, 5.74) is 0.124. The molecule has 3 heteroatoms. The lowest BCUT2D eigenvalue weighted by molar-refractivity contribution is 0.315. The average molecular weight is 253 g/mol. The van der Waals surface area contributed by atoms with Crippen LogP contribution in [0.5, 0.6) is 0 Å². The Morgan fingerprint density at radius 2 is 1.83 bits per heavy atom. The van der Waals surface area contributed by atoms with Crippen molar-refractivity contribution in [2.45, 2.75) is 45.6 Å². The number of hydrogen-bond donors (Lipinski definition) is 1. The van der Waals surface area contributed by atoms with Crippen molar-refractivity contribution in [2.75, 3.05) is 6.54 Å². The minimum atomic E-state index is -0.432. The van der Waals surface area contributed by atoms with E-state index in [1.165, 1.54) is 31.0 Å². The highest BCUT2D eigenvalue weighted by Crippen LogP contribution is 2.28. The molecular formula is C15H21F2N. The molecule has 0 spiro atoms. The fourth-order valence-corrected chi connectivity index (χ4v) is 2.17. The van der Waals surface area contributed by atoms with Crippen molar-refractivity contribution in [1.82, 2.24) is 5.32 Å². The molecule has 1 fully saturated rings. The fourth-order valence-electron chi connectivity index (χ4n) is 2.17. The summed E-state index contributed by atoms with van der Waals surface area (Å²) in [4.78, 5) is 0. The maximum absolute atomic E-state index is 13.6. The van der Waals surface area contributed by atoms with Crippen LogP contribution < -0.4 is 5.32 Å². The van der Waals surface area contributed by atoms with Gasteiger partial charge in [0, 0.05) is 11.6 Å². The first-order valence-corrected chi connectivity index (χ1v) is 6.64. The average Bonchev–Trinajstić information content (AvgIpc) is 3.07. The minimum absolute atomic E-state index is 0.0923. The molecule has 0 aromatic heterocycles. The second kappa shape index (κ2) is 5.35. The van der Waals surface area contributed by atoms with E-state index in [1.54, 1.807) is 0 Å². The molecule has 0 bridgehead atoms. The number of halogens is 2. The van der Waals surface area contributed by atoms with Crippen molar-refractivity contribution in [3.05, 3.63) is 35.4 Å². The molecule has 0 unspecified atom stereocenters. The summed E-state index contributed by atoms with van der Waals surface area (Å²) in [6, 6.07) is 4.76. The smallest absolute Gasteiger partial charge is 0.129 e. The molecule has 0 heterocycles. The van der Waals surface area contributed by atoms with Crippen LogP contribution >= 0.6 is 0 Å². The van der Waals surface area contributed by atoms with Gasteiger partial charge in [-0.15, -0.1) is 0 Å². The molecule has 0 atom stereocenters. The Bertz CT molecular complexity index is 391. The molecule has 1 aromatic rings. The Hall–Kier alpha value is -0.960. The van der Waals surface area contributed by atoms with Crippen molar-refractivity contribution in [3.63, 3.8) is 0 Å². The minimum Gasteiger partial charge on any atom is -0.314 e. The van der Waals surface area contributed by atoms with Crippen molar-refractivity contribution in [3.8, 4) is 0 Å². The van der Waals surface area contributed by atoms with Gasteiger partial charge in [0.1, 0.15) is 11.6 Å². The normalized spacial score (nSPS) is 16.0. The molecule has 1 aliphatic rings. The van der Waals surface area contributed by atoms with Gasteiger partial charge >= 0.3 is 0 Å². The van der Waals surface area contributed by atoms with E-state index >= 15 is 0 Å². The Kier molecular flexibility index (Phi) is 4.00. The van der Waals surface area contributed by atoms with Gasteiger partial charge in [-0.1, -0.05) is 19.9 Å². The molecule has 0 amide bonds. The zero-order valence-corrected chi connectivity index (χ0v) is 11.1. The number of benzene rings is 1. The maximum atomic E-state index is 13.6. The Balaban J connectivity index is 1.92. The molecular weight excluding hydrogens is 232 g/mol. The largest absolute Gasteiger partial charge is 0.314 e. The van der Waals surface area contributed by atoms with Gasteiger partial charge in [0.05, 0.1) is 0 Å². The molecule has 1 saturated carbocycles. The topological polar surface area (TPSA) is 12.0 Å². The monoisotopic (exact) mass is 253 g/mol. The Morgan fingerprint density at radius 3 is 2.39 bits per heavy atom. The van der Waals surface area contributed by atoms with Gasteiger partial charge in [-0.05, 0) is 49.8 Å². The van der Waals surface area contributed by atoms with Gasteiger partial charge in [0.25, 0.3) is 0 Å². The van der Waals surface area contributed by atoms with E-state index in [4.69, 9.17) is 0 Å². The van der Waals surface area contributed by atoms with Crippen LogP contribution in [0, 0.1) is 17.0 Å². The third kappa shape index (κ3) is 3.77. The molecule has 1 nitrogen and oxygen atoms in total. The fraction of sp³-hybridized carbons (Fsp3) is 0.600. The standard InChI is InChI=1S/C15H21F2N/c1-15(2,8-9-18-11-6-7-11)10-12-13(16)4-3-5-14(12)17/h3-5,11,18H,6-10H2,1-2H3. The van der Waals surface area contributed by atoms with Crippen LogP contribution in [-0.2, 0) is 6.42 Å². The van der Waals surface area contributed by atoms with Crippen LogP contribution in [0.1, 0.15) is 38.7 Å². The van der Waals surface area contributed by atoms with E-state index in [0.29, 0.717) is 12.5 Å². The molecule has 1 aromatic carbocycles. The van der Waals surface area contributed by atoms with Gasteiger partial charge in [-0.25, -0.2) is 8.78 Å². The van der Waals surface area contributed by atoms with Crippen LogP contribution in [0.3, 0.4) is 0 Å². The summed E-state index contributed by atoms with van der Waals surface area (Å²) in [5, 5.41) is 3.44. The summed E-state index contributed by atoms with van der Waals surface area (Å²) in [7, 11) is 0. The lowest BCUT2D eigenvalue weighted by atomic mass is 9.82. The molecule has 0 aliphatic heterocycles. The predicted octanol–water partition coefficient (Wildman–Crippen LogP) is 3.68. The van der Waals surface area contributed by atoms with Crippen molar-refractivity contribution in [2.24, 2.45) is 5.41 Å². The first-order valence-electron chi connectivity index (χ1n) is 6.64. The quantitative estimate of drug-likeness (QED) is 0.815. The summed E-state index contributed by atoms with van der Waals surface area (Å²) in [6.45, 7) is 5.05. The molecule has 0 radical (unpaired) electrons. The van der Waals surface area contributed by atoms with Gasteiger partial charge in [0.2, 0.25) is 0 Å². The van der Waals surface area contributed by atoms with E-state index in [2.05, 4.69) is 19.2 Å². The van der Waals surface area contributed by atoms with Crippen molar-refractivity contribution < 1.29 is 8.78 Å². The van der Waals surface area contributed by atoms with Crippen molar-refractivity contribution in [1.29, 1.82) is 0 Å². The second-order valence-corrected chi connectivity index (χ2v) is 6.02. The van der Waals surface area contributed by atoms with Gasteiger partial charge < -0.3 is 5.32 Å². The predicted molar refractivity (Wildman–Crippen MR) is 69.5 cm³/mol. The number of hydrogen-bond acceptors (Lipinski definition) is 1. The lowest BCUT2D eigenvalue weighted by Crippen LogP contribution is -2.26. The molecule has 100 valence electrons. The molecule has 18 heavy (non-hydrogen) atoms.